The summed E-state index contributed by atoms with van der Waals surface area (Å²) in [6.45, 7) is 2.28. The van der Waals surface area contributed by atoms with Crippen molar-refractivity contribution in [1.82, 2.24) is 14.7 Å². The van der Waals surface area contributed by atoms with Gasteiger partial charge in [-0.2, -0.15) is 13.2 Å². The van der Waals surface area contributed by atoms with Crippen LogP contribution in [-0.4, -0.2) is 21.8 Å². The molecule has 4 aromatic rings. The third kappa shape index (κ3) is 5.56. The normalized spacial score (nSPS) is 11.1. The summed E-state index contributed by atoms with van der Waals surface area (Å²) in [5, 5.41) is 2.62. The van der Waals surface area contributed by atoms with E-state index in [1.165, 1.54) is 12.1 Å². The maximum atomic E-state index is 12.8. The Morgan fingerprint density at radius 2 is 1.91 bits per heavy atom. The number of amides is 1. The number of hydrogen-bond acceptors (Lipinski definition) is 3. The summed E-state index contributed by atoms with van der Waals surface area (Å²) in [6, 6.07) is 15.3. The molecule has 0 fully saturated rings. The Labute approximate surface area is 194 Å². The van der Waals surface area contributed by atoms with Crippen LogP contribution in [0.15, 0.2) is 73.1 Å². The average Bonchev–Trinajstić information content (AvgIpc) is 3.25. The number of ether oxygens (including phenoxy) is 1. The molecule has 172 valence electrons. The fourth-order valence-corrected chi connectivity index (χ4v) is 3.28. The van der Waals surface area contributed by atoms with Gasteiger partial charge in [-0.1, -0.05) is 24.0 Å². The highest BCUT2D eigenvalue weighted by atomic mass is 19.4. The van der Waals surface area contributed by atoms with Gasteiger partial charge in [-0.15, -0.1) is 0 Å². The first-order valence-electron chi connectivity index (χ1n) is 10.4. The number of nitrogens with zero attached hydrogens (tertiary/aromatic N) is 2. The zero-order chi connectivity index (χ0) is 24.1. The Hall–Kier alpha value is -4.25. The minimum atomic E-state index is -4.42. The zero-order valence-electron chi connectivity index (χ0n) is 18.2. The van der Waals surface area contributed by atoms with Gasteiger partial charge in [0.2, 0.25) is 0 Å². The van der Waals surface area contributed by atoms with Crippen LogP contribution in [-0.2, 0) is 12.8 Å². The molecule has 2 aromatic heterocycles. The van der Waals surface area contributed by atoms with Crippen LogP contribution in [0.3, 0.4) is 0 Å². The van der Waals surface area contributed by atoms with Gasteiger partial charge in [0.05, 0.1) is 17.8 Å². The topological polar surface area (TPSA) is 55.6 Å². The van der Waals surface area contributed by atoms with E-state index in [1.54, 1.807) is 24.3 Å². The second kappa shape index (κ2) is 9.71. The van der Waals surface area contributed by atoms with Gasteiger partial charge >= 0.3 is 6.18 Å². The Morgan fingerprint density at radius 3 is 2.65 bits per heavy atom. The minimum absolute atomic E-state index is 0.000627. The molecule has 2 heterocycles. The van der Waals surface area contributed by atoms with Crippen molar-refractivity contribution < 1.29 is 22.7 Å². The molecule has 5 nitrogen and oxygen atoms in total. The van der Waals surface area contributed by atoms with Crippen LogP contribution in [0.25, 0.3) is 5.65 Å². The van der Waals surface area contributed by atoms with Crippen LogP contribution in [0.1, 0.15) is 32.7 Å². The van der Waals surface area contributed by atoms with Crippen LogP contribution >= 0.6 is 0 Å². The molecule has 2 aromatic carbocycles. The molecule has 4 rings (SSSR count). The number of benzene rings is 2. The van der Waals surface area contributed by atoms with Crippen LogP contribution < -0.4 is 10.1 Å². The van der Waals surface area contributed by atoms with Crippen molar-refractivity contribution in [3.8, 4) is 17.6 Å². The third-order valence-corrected chi connectivity index (χ3v) is 4.99. The maximum absolute atomic E-state index is 12.8. The molecule has 0 aliphatic rings. The number of fused-ring (bicyclic) bond motifs is 1. The molecule has 0 radical (unpaired) electrons. The van der Waals surface area contributed by atoms with E-state index >= 15 is 0 Å². The molecule has 0 aliphatic heterocycles. The summed E-state index contributed by atoms with van der Waals surface area (Å²) in [4.78, 5) is 16.8. The van der Waals surface area contributed by atoms with E-state index in [0.717, 1.165) is 29.0 Å². The SMILES string of the molecule is Cc1cccn2cc(COc3ccc(C(=O)NCC#Cc4cccc(C(F)(F)F)c4)cc3)nc12. The lowest BCUT2D eigenvalue weighted by Gasteiger charge is -2.06. The van der Waals surface area contributed by atoms with Crippen molar-refractivity contribution in [2.75, 3.05) is 6.54 Å². The monoisotopic (exact) mass is 463 g/mol. The van der Waals surface area contributed by atoms with Crippen LogP contribution in [0.4, 0.5) is 13.2 Å². The quantitative estimate of drug-likeness (QED) is 0.423. The van der Waals surface area contributed by atoms with E-state index in [1.807, 2.05) is 35.9 Å². The van der Waals surface area contributed by atoms with E-state index in [4.69, 9.17) is 4.74 Å². The summed E-state index contributed by atoms with van der Waals surface area (Å²) >= 11 is 0. The largest absolute Gasteiger partial charge is 0.487 e. The van der Waals surface area contributed by atoms with Crippen molar-refractivity contribution in [2.45, 2.75) is 19.7 Å². The number of aromatic nitrogens is 2. The number of rotatable bonds is 5. The number of aryl methyl sites for hydroxylation is 1. The van der Waals surface area contributed by atoms with Gasteiger partial charge in [-0.25, -0.2) is 4.98 Å². The van der Waals surface area contributed by atoms with E-state index < -0.39 is 11.7 Å². The fraction of sp³-hybridized carbons (Fsp3) is 0.154. The number of hydrogen-bond donors (Lipinski definition) is 1. The smallest absolute Gasteiger partial charge is 0.416 e. The molecular formula is C26H20F3N3O2. The lowest BCUT2D eigenvalue weighted by Crippen LogP contribution is -2.23. The molecule has 0 aliphatic carbocycles. The highest BCUT2D eigenvalue weighted by Gasteiger charge is 2.30. The number of carbonyl (C=O) groups is 1. The molecule has 0 spiro atoms. The fourth-order valence-electron chi connectivity index (χ4n) is 3.28. The minimum Gasteiger partial charge on any atom is -0.487 e. The van der Waals surface area contributed by atoms with Crippen molar-refractivity contribution in [3.63, 3.8) is 0 Å². The first-order chi connectivity index (χ1) is 16.3. The lowest BCUT2D eigenvalue weighted by atomic mass is 10.1. The zero-order valence-corrected chi connectivity index (χ0v) is 18.2. The van der Waals surface area contributed by atoms with Gasteiger partial charge < -0.3 is 14.5 Å². The van der Waals surface area contributed by atoms with Crippen molar-refractivity contribution in [1.29, 1.82) is 0 Å². The highest BCUT2D eigenvalue weighted by Crippen LogP contribution is 2.29. The summed E-state index contributed by atoms with van der Waals surface area (Å²) in [5.74, 6) is 5.53. The van der Waals surface area contributed by atoms with Crippen LogP contribution in [0.5, 0.6) is 5.75 Å². The van der Waals surface area contributed by atoms with Crippen LogP contribution in [0, 0.1) is 18.8 Å². The second-order valence-electron chi connectivity index (χ2n) is 7.53. The summed E-state index contributed by atoms with van der Waals surface area (Å²) < 4.78 is 46.0. The summed E-state index contributed by atoms with van der Waals surface area (Å²) in [7, 11) is 0. The Kier molecular flexibility index (Phi) is 6.55. The molecule has 1 amide bonds. The van der Waals surface area contributed by atoms with Gasteiger partial charge in [-0.3, -0.25) is 4.79 Å². The standard InChI is InChI=1S/C26H20F3N3O2/c1-18-5-4-14-32-16-22(31-24(18)32)17-34-23-11-9-20(10-12-23)25(33)30-13-3-7-19-6-2-8-21(15-19)26(27,28)29/h2,4-6,8-12,14-16H,13,17H2,1H3,(H,30,33). The second-order valence-corrected chi connectivity index (χ2v) is 7.53. The van der Waals surface area contributed by atoms with Gasteiger partial charge in [-0.05, 0) is 61.0 Å². The number of nitrogens with one attached hydrogen (secondary N) is 1. The number of imidazole rings is 1. The van der Waals surface area contributed by atoms with E-state index in [2.05, 4.69) is 22.1 Å². The van der Waals surface area contributed by atoms with Crippen molar-refractivity contribution in [2.24, 2.45) is 0 Å². The van der Waals surface area contributed by atoms with Gasteiger partial charge in [0.1, 0.15) is 18.0 Å². The number of carbonyl (C=O) groups excluding carboxylic acids is 1. The predicted octanol–water partition coefficient (Wildman–Crippen LogP) is 5.02. The molecule has 0 bridgehead atoms. The average molecular weight is 463 g/mol. The molecule has 0 atom stereocenters. The maximum Gasteiger partial charge on any atom is 0.416 e. The summed E-state index contributed by atoms with van der Waals surface area (Å²) in [5.41, 5.74) is 2.62. The third-order valence-electron chi connectivity index (χ3n) is 4.99. The molecule has 34 heavy (non-hydrogen) atoms. The first-order valence-corrected chi connectivity index (χ1v) is 10.4. The molecular weight excluding hydrogens is 443 g/mol. The number of halogens is 3. The number of alkyl halides is 3. The van der Waals surface area contributed by atoms with Gasteiger partial charge in [0, 0.05) is 23.5 Å². The van der Waals surface area contributed by atoms with E-state index in [-0.39, 0.29) is 24.6 Å². The summed E-state index contributed by atoms with van der Waals surface area (Å²) in [6.07, 6.45) is -0.589. The lowest BCUT2D eigenvalue weighted by molar-refractivity contribution is -0.137. The van der Waals surface area contributed by atoms with Crippen molar-refractivity contribution in [3.05, 3.63) is 101 Å². The number of pyridine rings is 1. The predicted molar refractivity (Wildman–Crippen MR) is 121 cm³/mol. The van der Waals surface area contributed by atoms with Gasteiger partial charge in [0.15, 0.2) is 0 Å². The molecule has 0 saturated heterocycles. The Balaban J connectivity index is 1.29. The molecule has 1 N–H and O–H groups in total. The van der Waals surface area contributed by atoms with Crippen LogP contribution in [0.2, 0.25) is 0 Å². The molecule has 0 saturated carbocycles. The Bertz CT molecular complexity index is 1380. The van der Waals surface area contributed by atoms with Crippen molar-refractivity contribution >= 4 is 11.6 Å². The van der Waals surface area contributed by atoms with E-state index in [0.29, 0.717) is 11.3 Å². The molecule has 8 heteroatoms. The molecule has 0 unspecified atom stereocenters. The van der Waals surface area contributed by atoms with E-state index in [9.17, 15) is 18.0 Å². The van der Waals surface area contributed by atoms with Gasteiger partial charge in [0.25, 0.3) is 5.91 Å². The first kappa shape index (κ1) is 22.9. The Morgan fingerprint density at radius 1 is 1.12 bits per heavy atom. The highest BCUT2D eigenvalue weighted by molar-refractivity contribution is 5.94.